The number of hydrogen-bond donors (Lipinski definition) is 1. The third kappa shape index (κ3) is 5.24. The van der Waals surface area contributed by atoms with Crippen LogP contribution >= 0.6 is 39.0 Å². The first-order valence-electron chi connectivity index (χ1n) is 11.6. The van der Waals surface area contributed by atoms with E-state index in [0.717, 1.165) is 10.0 Å². The van der Waals surface area contributed by atoms with Crippen molar-refractivity contribution in [2.75, 3.05) is 12.0 Å². The molecule has 1 N–H and O–H groups in total. The monoisotopic (exact) mass is 607 g/mol. The van der Waals surface area contributed by atoms with Gasteiger partial charge in [-0.2, -0.15) is 0 Å². The molecule has 2 heterocycles. The van der Waals surface area contributed by atoms with Gasteiger partial charge in [-0.1, -0.05) is 81.0 Å². The largest absolute Gasteiger partial charge is 0.507 e. The Hall–Kier alpha value is -3.47. The average Bonchev–Trinajstić information content (AvgIpc) is 3.50. The zero-order valence-electron chi connectivity index (χ0n) is 20.4. The van der Waals surface area contributed by atoms with Crippen LogP contribution in [0.4, 0.5) is 5.13 Å². The van der Waals surface area contributed by atoms with Gasteiger partial charge in [0.1, 0.15) is 11.5 Å². The first-order valence-corrected chi connectivity index (χ1v) is 14.2. The van der Waals surface area contributed by atoms with Crippen molar-refractivity contribution in [3.8, 4) is 5.75 Å². The maximum Gasteiger partial charge on any atom is 0.301 e. The van der Waals surface area contributed by atoms with Crippen LogP contribution in [0.15, 0.2) is 87.2 Å². The Balaban J connectivity index is 1.53. The number of anilines is 1. The molecule has 0 bridgehead atoms. The van der Waals surface area contributed by atoms with Crippen molar-refractivity contribution in [2.24, 2.45) is 0 Å². The zero-order chi connectivity index (χ0) is 26.8. The lowest BCUT2D eigenvalue weighted by Gasteiger charge is -2.22. The molecule has 38 heavy (non-hydrogen) atoms. The molecule has 192 valence electrons. The molecule has 0 radical (unpaired) electrons. The molecule has 1 aliphatic heterocycles. The van der Waals surface area contributed by atoms with E-state index in [-0.39, 0.29) is 16.5 Å². The minimum absolute atomic E-state index is 0.0117. The lowest BCUT2D eigenvalue weighted by atomic mass is 9.95. The molecular weight excluding hydrogens is 586 g/mol. The summed E-state index contributed by atoms with van der Waals surface area (Å²) in [4.78, 5) is 28.0. The van der Waals surface area contributed by atoms with Crippen molar-refractivity contribution in [3.63, 3.8) is 0 Å². The number of aliphatic hydroxyl groups is 1. The van der Waals surface area contributed by atoms with Gasteiger partial charge in [0.05, 0.1) is 18.7 Å². The van der Waals surface area contributed by atoms with Gasteiger partial charge in [-0.3, -0.25) is 14.5 Å². The second kappa shape index (κ2) is 11.1. The smallest absolute Gasteiger partial charge is 0.301 e. The number of aliphatic hydroxyl groups excluding tert-OH is 1. The molecule has 0 saturated carbocycles. The minimum atomic E-state index is -0.877. The number of halogens is 1. The zero-order valence-corrected chi connectivity index (χ0v) is 23.6. The second-order valence-corrected chi connectivity index (χ2v) is 11.7. The summed E-state index contributed by atoms with van der Waals surface area (Å²) < 4.78 is 6.65. The molecule has 10 heteroatoms. The summed E-state index contributed by atoms with van der Waals surface area (Å²) >= 11 is 6.22. The molecule has 7 nitrogen and oxygen atoms in total. The van der Waals surface area contributed by atoms with E-state index in [4.69, 9.17) is 4.74 Å². The highest BCUT2D eigenvalue weighted by atomic mass is 79.9. The van der Waals surface area contributed by atoms with Crippen molar-refractivity contribution in [1.29, 1.82) is 0 Å². The maximum absolute atomic E-state index is 13.4. The van der Waals surface area contributed by atoms with Crippen molar-refractivity contribution < 1.29 is 19.4 Å². The van der Waals surface area contributed by atoms with E-state index in [0.29, 0.717) is 27.0 Å². The molecule has 0 aliphatic carbocycles. The molecule has 3 aromatic carbocycles. The van der Waals surface area contributed by atoms with Crippen LogP contribution in [0.1, 0.15) is 28.3 Å². The number of carbonyl (C=O) groups is 2. The molecule has 1 unspecified atom stereocenters. The van der Waals surface area contributed by atoms with Crippen molar-refractivity contribution in [1.82, 2.24) is 10.2 Å². The number of amides is 1. The van der Waals surface area contributed by atoms with Gasteiger partial charge in [0.15, 0.2) is 4.34 Å². The number of rotatable bonds is 7. The van der Waals surface area contributed by atoms with Gasteiger partial charge in [-0.15, -0.1) is 10.2 Å². The van der Waals surface area contributed by atoms with Crippen LogP contribution in [0.5, 0.6) is 5.75 Å². The van der Waals surface area contributed by atoms with E-state index in [9.17, 15) is 14.7 Å². The topological polar surface area (TPSA) is 92.6 Å². The van der Waals surface area contributed by atoms with Crippen LogP contribution < -0.4 is 9.64 Å². The Kier molecular flexibility index (Phi) is 7.64. The van der Waals surface area contributed by atoms with Gasteiger partial charge >= 0.3 is 5.91 Å². The fourth-order valence-corrected chi connectivity index (χ4v) is 6.35. The molecule has 1 saturated heterocycles. The Morgan fingerprint density at radius 1 is 1.08 bits per heavy atom. The van der Waals surface area contributed by atoms with Crippen LogP contribution in [-0.2, 0) is 15.3 Å². The van der Waals surface area contributed by atoms with Gasteiger partial charge in [0.2, 0.25) is 5.13 Å². The SMILES string of the molecule is COc1ccc(/C(O)=C2/C(=O)C(=O)N(c3nnc(SCc4ccc(C)cc4)s3)C2c2cccc(Br)c2)cc1. The summed E-state index contributed by atoms with van der Waals surface area (Å²) in [5.41, 5.74) is 3.37. The van der Waals surface area contributed by atoms with Crippen LogP contribution in [0.2, 0.25) is 0 Å². The number of aryl methyl sites for hydroxylation is 1. The fourth-order valence-electron chi connectivity index (χ4n) is 4.11. The van der Waals surface area contributed by atoms with Crippen LogP contribution in [-0.4, -0.2) is 34.1 Å². The number of ether oxygens (including phenoxy) is 1. The highest BCUT2D eigenvalue weighted by Gasteiger charge is 2.48. The predicted octanol–water partition coefficient (Wildman–Crippen LogP) is 6.54. The van der Waals surface area contributed by atoms with E-state index in [1.54, 1.807) is 31.4 Å². The van der Waals surface area contributed by atoms with Crippen molar-refractivity contribution in [2.45, 2.75) is 23.1 Å². The Morgan fingerprint density at radius 3 is 2.50 bits per heavy atom. The summed E-state index contributed by atoms with van der Waals surface area (Å²) in [5.74, 6) is -0.518. The Morgan fingerprint density at radius 2 is 1.82 bits per heavy atom. The fraction of sp³-hybridized carbons (Fsp3) is 0.143. The molecule has 4 aromatic rings. The van der Waals surface area contributed by atoms with Crippen molar-refractivity contribution >= 4 is 61.6 Å². The molecular formula is C28H22BrN3O4S2. The van der Waals surface area contributed by atoms with E-state index in [2.05, 4.69) is 50.4 Å². The predicted molar refractivity (Wildman–Crippen MR) is 153 cm³/mol. The van der Waals surface area contributed by atoms with Gasteiger partial charge in [-0.05, 0) is 54.4 Å². The quantitative estimate of drug-likeness (QED) is 0.0838. The van der Waals surface area contributed by atoms with Crippen LogP contribution in [0, 0.1) is 6.92 Å². The number of thioether (sulfide) groups is 1. The number of carbonyl (C=O) groups excluding carboxylic acids is 2. The summed E-state index contributed by atoms with van der Waals surface area (Å²) in [7, 11) is 1.54. The number of nitrogens with zero attached hydrogens (tertiary/aromatic N) is 3. The number of aromatic nitrogens is 2. The summed E-state index contributed by atoms with van der Waals surface area (Å²) in [6.07, 6.45) is 0. The van der Waals surface area contributed by atoms with E-state index in [1.165, 1.54) is 33.6 Å². The Labute approximate surface area is 236 Å². The molecule has 1 fully saturated rings. The summed E-state index contributed by atoms with van der Waals surface area (Å²) in [5, 5.41) is 20.1. The lowest BCUT2D eigenvalue weighted by Crippen LogP contribution is -2.29. The lowest BCUT2D eigenvalue weighted by molar-refractivity contribution is -0.132. The average molecular weight is 609 g/mol. The standard InChI is InChI=1S/C28H22BrN3O4S2/c1-16-6-8-17(9-7-16)15-37-28-31-30-27(38-28)32-23(19-4-3-5-20(29)14-19)22(25(34)26(32)35)24(33)18-10-12-21(36-2)13-11-18/h3-14,23,33H,15H2,1-2H3/b24-22-. The summed E-state index contributed by atoms with van der Waals surface area (Å²) in [6.45, 7) is 2.04. The van der Waals surface area contributed by atoms with Crippen LogP contribution in [0.25, 0.3) is 5.76 Å². The van der Waals surface area contributed by atoms with Crippen LogP contribution in [0.3, 0.4) is 0 Å². The normalized spacial score (nSPS) is 16.7. The Bertz CT molecular complexity index is 1530. The van der Waals surface area contributed by atoms with Crippen molar-refractivity contribution in [3.05, 3.63) is 105 Å². The second-order valence-electron chi connectivity index (χ2n) is 8.58. The highest BCUT2D eigenvalue weighted by Crippen LogP contribution is 2.44. The summed E-state index contributed by atoms with van der Waals surface area (Å²) in [6, 6.07) is 21.3. The van der Waals surface area contributed by atoms with Gasteiger partial charge in [-0.25, -0.2) is 0 Å². The van der Waals surface area contributed by atoms with Gasteiger partial charge < -0.3 is 9.84 Å². The highest BCUT2D eigenvalue weighted by molar-refractivity contribution is 9.10. The van der Waals surface area contributed by atoms with Gasteiger partial charge in [0, 0.05) is 15.8 Å². The number of hydrogen-bond acceptors (Lipinski definition) is 8. The molecule has 1 aromatic heterocycles. The van der Waals surface area contributed by atoms with E-state index < -0.39 is 17.7 Å². The minimum Gasteiger partial charge on any atom is -0.507 e. The molecule has 1 atom stereocenters. The molecule has 1 aliphatic rings. The molecule has 0 spiro atoms. The first kappa shape index (κ1) is 26.1. The number of benzene rings is 3. The van der Waals surface area contributed by atoms with E-state index in [1.807, 2.05) is 31.2 Å². The number of Topliss-reactive ketones (excluding diaryl/α,β-unsaturated/α-hetero) is 1. The molecule has 5 rings (SSSR count). The third-order valence-corrected chi connectivity index (χ3v) is 8.68. The molecule has 1 amide bonds. The first-order chi connectivity index (χ1) is 18.4. The maximum atomic E-state index is 13.4. The van der Waals surface area contributed by atoms with E-state index >= 15 is 0 Å². The van der Waals surface area contributed by atoms with Gasteiger partial charge in [0.25, 0.3) is 5.78 Å². The number of methoxy groups -OCH3 is 1. The number of ketones is 1. The third-order valence-electron chi connectivity index (χ3n) is 6.06.